The number of rotatable bonds is 8. The SMILES string of the molecule is CCCc1ccc(C(=O)COC(=O)CNC(=O)c2ccc(C)cc2)cc1. The fraction of sp³-hybridized carbons (Fsp3) is 0.286. The van der Waals surface area contributed by atoms with Gasteiger partial charge in [0.1, 0.15) is 6.54 Å². The molecule has 0 atom stereocenters. The van der Waals surface area contributed by atoms with E-state index in [2.05, 4.69) is 12.2 Å². The van der Waals surface area contributed by atoms with Gasteiger partial charge in [-0.15, -0.1) is 0 Å². The number of aryl methyl sites for hydroxylation is 2. The molecule has 136 valence electrons. The first kappa shape index (κ1) is 19.4. The number of Topliss-reactive ketones (excluding diaryl/α,β-unsaturated/α-hetero) is 1. The van der Waals surface area contributed by atoms with Crippen LogP contribution in [0.4, 0.5) is 0 Å². The number of hydrogen-bond donors (Lipinski definition) is 1. The Hall–Kier alpha value is -2.95. The Bertz CT molecular complexity index is 764. The molecule has 5 nitrogen and oxygen atoms in total. The third-order valence-corrected chi connectivity index (χ3v) is 3.89. The van der Waals surface area contributed by atoms with E-state index in [1.54, 1.807) is 24.3 Å². The summed E-state index contributed by atoms with van der Waals surface area (Å²) in [6.07, 6.45) is 2.00. The normalized spacial score (nSPS) is 10.2. The number of carbonyl (C=O) groups is 3. The zero-order valence-corrected chi connectivity index (χ0v) is 15.1. The second-order valence-electron chi connectivity index (χ2n) is 6.08. The molecule has 0 fully saturated rings. The van der Waals surface area contributed by atoms with E-state index in [1.807, 2.05) is 31.2 Å². The first-order valence-corrected chi connectivity index (χ1v) is 8.62. The van der Waals surface area contributed by atoms with Crippen LogP contribution in [0.1, 0.15) is 45.2 Å². The summed E-state index contributed by atoms with van der Waals surface area (Å²) in [5, 5.41) is 2.48. The molecule has 1 amide bonds. The number of nitrogens with one attached hydrogen (secondary N) is 1. The highest BCUT2D eigenvalue weighted by molar-refractivity contribution is 5.98. The van der Waals surface area contributed by atoms with Gasteiger partial charge in [0.2, 0.25) is 0 Å². The van der Waals surface area contributed by atoms with Gasteiger partial charge in [0, 0.05) is 11.1 Å². The molecule has 0 aliphatic heterocycles. The zero-order chi connectivity index (χ0) is 18.9. The van der Waals surface area contributed by atoms with Gasteiger partial charge in [0.25, 0.3) is 5.91 Å². The van der Waals surface area contributed by atoms with Crippen LogP contribution in [-0.4, -0.2) is 30.8 Å². The van der Waals surface area contributed by atoms with Crippen molar-refractivity contribution in [3.8, 4) is 0 Å². The van der Waals surface area contributed by atoms with Gasteiger partial charge in [-0.1, -0.05) is 55.3 Å². The number of amides is 1. The quantitative estimate of drug-likeness (QED) is 0.585. The molecular weight excluding hydrogens is 330 g/mol. The van der Waals surface area contributed by atoms with Crippen LogP contribution in [-0.2, 0) is 16.0 Å². The summed E-state index contributed by atoms with van der Waals surface area (Å²) >= 11 is 0. The number of ether oxygens (including phenoxy) is 1. The summed E-state index contributed by atoms with van der Waals surface area (Å²) in [4.78, 5) is 35.7. The topological polar surface area (TPSA) is 72.5 Å². The van der Waals surface area contributed by atoms with Crippen LogP contribution in [0.3, 0.4) is 0 Å². The highest BCUT2D eigenvalue weighted by Crippen LogP contribution is 2.08. The van der Waals surface area contributed by atoms with Gasteiger partial charge in [-0.25, -0.2) is 0 Å². The van der Waals surface area contributed by atoms with E-state index in [9.17, 15) is 14.4 Å². The maximum atomic E-state index is 12.0. The molecule has 0 saturated carbocycles. The van der Waals surface area contributed by atoms with E-state index in [1.165, 1.54) is 5.56 Å². The van der Waals surface area contributed by atoms with Crippen LogP contribution >= 0.6 is 0 Å². The summed E-state index contributed by atoms with van der Waals surface area (Å²) in [6.45, 7) is 3.39. The Morgan fingerprint density at radius 1 is 0.923 bits per heavy atom. The van der Waals surface area contributed by atoms with Crippen molar-refractivity contribution >= 4 is 17.7 Å². The summed E-state index contributed by atoms with van der Waals surface area (Å²) in [7, 11) is 0. The molecule has 5 heteroatoms. The van der Waals surface area contributed by atoms with Crippen molar-refractivity contribution in [2.45, 2.75) is 26.7 Å². The molecule has 2 aromatic rings. The summed E-state index contributed by atoms with van der Waals surface area (Å²) in [5.41, 5.74) is 3.18. The Balaban J connectivity index is 1.76. The van der Waals surface area contributed by atoms with Crippen LogP contribution in [0.15, 0.2) is 48.5 Å². The molecule has 2 aromatic carbocycles. The van der Waals surface area contributed by atoms with Crippen molar-refractivity contribution in [1.29, 1.82) is 0 Å². The molecule has 0 aromatic heterocycles. The predicted molar refractivity (Wildman–Crippen MR) is 99.2 cm³/mol. The summed E-state index contributed by atoms with van der Waals surface area (Å²) in [6, 6.07) is 14.3. The lowest BCUT2D eigenvalue weighted by Gasteiger charge is -2.07. The van der Waals surface area contributed by atoms with Crippen molar-refractivity contribution < 1.29 is 19.1 Å². The van der Waals surface area contributed by atoms with Crippen LogP contribution < -0.4 is 5.32 Å². The van der Waals surface area contributed by atoms with E-state index in [-0.39, 0.29) is 24.8 Å². The molecule has 26 heavy (non-hydrogen) atoms. The average Bonchev–Trinajstić information content (AvgIpc) is 2.65. The minimum Gasteiger partial charge on any atom is -0.456 e. The van der Waals surface area contributed by atoms with Crippen LogP contribution in [0, 0.1) is 6.92 Å². The fourth-order valence-corrected chi connectivity index (χ4v) is 2.39. The van der Waals surface area contributed by atoms with Crippen LogP contribution in [0.25, 0.3) is 0 Å². The Morgan fingerprint density at radius 3 is 2.15 bits per heavy atom. The van der Waals surface area contributed by atoms with Gasteiger partial charge < -0.3 is 10.1 Å². The van der Waals surface area contributed by atoms with Gasteiger partial charge in [-0.3, -0.25) is 14.4 Å². The molecule has 1 N–H and O–H groups in total. The molecule has 0 spiro atoms. The van der Waals surface area contributed by atoms with E-state index in [0.29, 0.717) is 11.1 Å². The molecule has 0 unspecified atom stereocenters. The third-order valence-electron chi connectivity index (χ3n) is 3.89. The van der Waals surface area contributed by atoms with Crippen molar-refractivity contribution in [2.75, 3.05) is 13.2 Å². The van der Waals surface area contributed by atoms with Crippen LogP contribution in [0.2, 0.25) is 0 Å². The minimum absolute atomic E-state index is 0.272. The number of esters is 1. The lowest BCUT2D eigenvalue weighted by Crippen LogP contribution is -2.31. The minimum atomic E-state index is -0.651. The van der Waals surface area contributed by atoms with E-state index in [4.69, 9.17) is 4.74 Å². The Kier molecular flexibility index (Phi) is 7.09. The largest absolute Gasteiger partial charge is 0.456 e. The first-order valence-electron chi connectivity index (χ1n) is 8.62. The molecule has 2 rings (SSSR count). The van der Waals surface area contributed by atoms with E-state index in [0.717, 1.165) is 18.4 Å². The van der Waals surface area contributed by atoms with Gasteiger partial charge in [0.15, 0.2) is 12.4 Å². The van der Waals surface area contributed by atoms with Crippen molar-refractivity contribution in [1.82, 2.24) is 5.32 Å². The van der Waals surface area contributed by atoms with Gasteiger partial charge >= 0.3 is 5.97 Å². The van der Waals surface area contributed by atoms with E-state index < -0.39 is 5.97 Å². The number of ketones is 1. The summed E-state index contributed by atoms with van der Waals surface area (Å²) in [5.74, 6) is -1.28. The number of benzene rings is 2. The van der Waals surface area contributed by atoms with Crippen molar-refractivity contribution in [3.05, 3.63) is 70.8 Å². The number of hydrogen-bond acceptors (Lipinski definition) is 4. The lowest BCUT2D eigenvalue weighted by atomic mass is 10.1. The maximum Gasteiger partial charge on any atom is 0.325 e. The molecule has 0 aliphatic carbocycles. The predicted octanol–water partition coefficient (Wildman–Crippen LogP) is 3.10. The third kappa shape index (κ3) is 5.84. The standard InChI is InChI=1S/C21H23NO4/c1-3-4-16-7-11-17(12-8-16)19(23)14-26-20(24)13-22-21(25)18-9-5-15(2)6-10-18/h5-12H,3-4,13-14H2,1-2H3,(H,22,25). The van der Waals surface area contributed by atoms with Gasteiger partial charge in [0.05, 0.1) is 0 Å². The summed E-state index contributed by atoms with van der Waals surface area (Å²) < 4.78 is 4.94. The smallest absolute Gasteiger partial charge is 0.325 e. The molecule has 0 aliphatic rings. The molecule has 0 bridgehead atoms. The lowest BCUT2D eigenvalue weighted by molar-refractivity contribution is -0.141. The Morgan fingerprint density at radius 2 is 1.54 bits per heavy atom. The van der Waals surface area contributed by atoms with E-state index >= 15 is 0 Å². The van der Waals surface area contributed by atoms with Crippen LogP contribution in [0.5, 0.6) is 0 Å². The molecule has 0 radical (unpaired) electrons. The fourth-order valence-electron chi connectivity index (χ4n) is 2.39. The van der Waals surface area contributed by atoms with Gasteiger partial charge in [-0.05, 0) is 31.0 Å². The Labute approximate surface area is 153 Å². The van der Waals surface area contributed by atoms with Crippen molar-refractivity contribution in [3.63, 3.8) is 0 Å². The zero-order valence-electron chi connectivity index (χ0n) is 15.1. The number of carbonyl (C=O) groups excluding carboxylic acids is 3. The molecule has 0 saturated heterocycles. The second-order valence-corrected chi connectivity index (χ2v) is 6.08. The monoisotopic (exact) mass is 353 g/mol. The van der Waals surface area contributed by atoms with Gasteiger partial charge in [-0.2, -0.15) is 0 Å². The maximum absolute atomic E-state index is 12.0. The average molecular weight is 353 g/mol. The highest BCUT2D eigenvalue weighted by Gasteiger charge is 2.12. The molecule has 0 heterocycles. The highest BCUT2D eigenvalue weighted by atomic mass is 16.5. The first-order chi connectivity index (χ1) is 12.5. The second kappa shape index (κ2) is 9.51. The molecular formula is C21H23NO4. The van der Waals surface area contributed by atoms with Crippen molar-refractivity contribution in [2.24, 2.45) is 0 Å².